The molecule has 10 nitrogen and oxygen atoms in total. The van der Waals surface area contributed by atoms with Gasteiger partial charge in [-0.05, 0) is 67.0 Å². The van der Waals surface area contributed by atoms with Gasteiger partial charge >= 0.3 is 5.97 Å². The van der Waals surface area contributed by atoms with Gasteiger partial charge in [0.25, 0.3) is 5.91 Å². The average molecular weight is 694 g/mol. The average Bonchev–Trinajstić information content (AvgIpc) is 3.80. The van der Waals surface area contributed by atoms with E-state index in [1.54, 1.807) is 22.0 Å². The zero-order chi connectivity index (χ0) is 36.0. The quantitative estimate of drug-likeness (QED) is 0.112. The molecule has 0 aliphatic carbocycles. The summed E-state index contributed by atoms with van der Waals surface area (Å²) in [7, 11) is 0. The number of ether oxygens (including phenoxy) is 2. The maximum absolute atomic E-state index is 14.9. The zero-order valence-corrected chi connectivity index (χ0v) is 29.0. The molecule has 2 N–H and O–H groups in total. The number of allylic oxidation sites excluding steroid dienone is 1. The standard InChI is InChI=1S/C41H47N3O7/c1-3-5-18-34(46)42-27-33(29-15-8-6-9-16-29)50-40(49)35-32-21-22-41(51-32)36(35)38(47)44(24-12-7-13-25-45)37(41)39(48)43(23-4-2)31-20-19-28-14-10-11-17-30(28)26-31/h3-4,6,8-11,14-17,19-20,26,32-33,35-37,45H,1-2,5,7,12-13,18,21-25,27H2,(H,42,46)/t32-,33+,35+,36+,37-,41+/m1/s1. The van der Waals surface area contributed by atoms with E-state index in [-0.39, 0.29) is 50.4 Å². The van der Waals surface area contributed by atoms with Crippen LogP contribution in [0.2, 0.25) is 0 Å². The van der Waals surface area contributed by atoms with Gasteiger partial charge in [-0.2, -0.15) is 0 Å². The topological polar surface area (TPSA) is 125 Å². The molecule has 6 rings (SSSR count). The van der Waals surface area contributed by atoms with E-state index < -0.39 is 41.7 Å². The van der Waals surface area contributed by atoms with Gasteiger partial charge in [-0.25, -0.2) is 0 Å². The first kappa shape index (κ1) is 36.0. The second-order valence-corrected chi connectivity index (χ2v) is 13.6. The summed E-state index contributed by atoms with van der Waals surface area (Å²) in [6.45, 7) is 8.19. The van der Waals surface area contributed by atoms with Gasteiger partial charge < -0.3 is 29.7 Å². The zero-order valence-electron chi connectivity index (χ0n) is 29.0. The Morgan fingerprint density at radius 3 is 2.53 bits per heavy atom. The van der Waals surface area contributed by atoms with Crippen molar-refractivity contribution in [2.24, 2.45) is 11.8 Å². The maximum atomic E-state index is 14.9. The van der Waals surface area contributed by atoms with E-state index in [0.717, 1.165) is 10.8 Å². The highest BCUT2D eigenvalue weighted by Gasteiger charge is 2.75. The van der Waals surface area contributed by atoms with E-state index in [1.165, 1.54) is 0 Å². The van der Waals surface area contributed by atoms with Crippen molar-refractivity contribution < 1.29 is 33.8 Å². The lowest BCUT2D eigenvalue weighted by Crippen LogP contribution is -2.56. The van der Waals surface area contributed by atoms with Crippen molar-refractivity contribution in [3.8, 4) is 0 Å². The molecule has 3 aliphatic heterocycles. The molecule has 3 aliphatic rings. The number of hydrogen-bond donors (Lipinski definition) is 2. The van der Waals surface area contributed by atoms with Crippen LogP contribution in [-0.2, 0) is 28.7 Å². The fraction of sp³-hybridized carbons (Fsp3) is 0.415. The van der Waals surface area contributed by atoms with Crippen LogP contribution in [0.5, 0.6) is 0 Å². The van der Waals surface area contributed by atoms with Gasteiger partial charge in [0.1, 0.15) is 17.7 Å². The first-order valence-corrected chi connectivity index (χ1v) is 18.0. The lowest BCUT2D eigenvalue weighted by atomic mass is 9.70. The molecular weight excluding hydrogens is 646 g/mol. The Balaban J connectivity index is 1.31. The summed E-state index contributed by atoms with van der Waals surface area (Å²) in [6.07, 6.45) is 5.52. The smallest absolute Gasteiger partial charge is 0.313 e. The molecule has 10 heteroatoms. The number of carbonyl (C=O) groups is 4. The van der Waals surface area contributed by atoms with Crippen LogP contribution in [0.1, 0.15) is 56.6 Å². The Morgan fingerprint density at radius 2 is 1.78 bits per heavy atom. The summed E-state index contributed by atoms with van der Waals surface area (Å²) in [5.74, 6) is -3.18. The molecule has 0 aromatic heterocycles. The Morgan fingerprint density at radius 1 is 1.02 bits per heavy atom. The Labute approximate surface area is 299 Å². The molecule has 3 saturated heterocycles. The number of hydrogen-bond acceptors (Lipinski definition) is 7. The number of rotatable bonds is 17. The minimum Gasteiger partial charge on any atom is -0.455 e. The third-order valence-electron chi connectivity index (χ3n) is 10.5. The van der Waals surface area contributed by atoms with Gasteiger partial charge in [-0.15, -0.1) is 13.2 Å². The molecule has 2 bridgehead atoms. The van der Waals surface area contributed by atoms with Gasteiger partial charge in [0, 0.05) is 31.8 Å². The number of nitrogens with one attached hydrogen (secondary N) is 1. The van der Waals surface area contributed by atoms with Gasteiger partial charge in [0.05, 0.1) is 24.5 Å². The number of aliphatic hydroxyl groups excluding tert-OH is 1. The SMILES string of the molecule is C=CCCC(=O)NC[C@H](OC(=O)[C@@H]1[C@H]2C(=O)N(CCCCCO)[C@H](C(=O)N(CC=C)c3ccc4ccccc4c3)[C@]23CC[C@H]1O3)c1ccccc1. The fourth-order valence-electron chi connectivity index (χ4n) is 8.10. The molecule has 268 valence electrons. The number of likely N-dealkylation sites (tertiary alicyclic amines) is 1. The fourth-order valence-corrected chi connectivity index (χ4v) is 8.10. The van der Waals surface area contributed by atoms with Crippen molar-refractivity contribution in [3.63, 3.8) is 0 Å². The van der Waals surface area contributed by atoms with Crippen molar-refractivity contribution in [2.45, 2.75) is 68.8 Å². The van der Waals surface area contributed by atoms with Gasteiger partial charge in [0.2, 0.25) is 11.8 Å². The molecule has 3 aromatic carbocycles. The monoisotopic (exact) mass is 693 g/mol. The number of esters is 1. The number of aliphatic hydroxyl groups is 1. The van der Waals surface area contributed by atoms with Crippen LogP contribution in [0, 0.1) is 11.8 Å². The Hall–Kier alpha value is -4.80. The van der Waals surface area contributed by atoms with Crippen LogP contribution in [0.3, 0.4) is 0 Å². The lowest BCUT2D eigenvalue weighted by molar-refractivity contribution is -0.160. The number of amides is 3. The largest absolute Gasteiger partial charge is 0.455 e. The van der Waals surface area contributed by atoms with Crippen molar-refractivity contribution >= 4 is 40.2 Å². The molecule has 3 amide bonds. The van der Waals surface area contributed by atoms with Crippen LogP contribution in [0.4, 0.5) is 5.69 Å². The summed E-state index contributed by atoms with van der Waals surface area (Å²) in [4.78, 5) is 59.5. The lowest BCUT2D eigenvalue weighted by Gasteiger charge is -2.37. The van der Waals surface area contributed by atoms with Crippen molar-refractivity contribution in [2.75, 3.05) is 31.1 Å². The number of nitrogens with zero attached hydrogens (tertiary/aromatic N) is 2. The molecule has 6 atom stereocenters. The highest BCUT2D eigenvalue weighted by molar-refractivity contribution is 6.05. The van der Waals surface area contributed by atoms with Crippen molar-refractivity contribution in [1.82, 2.24) is 10.2 Å². The Bertz CT molecular complexity index is 1760. The van der Waals surface area contributed by atoms with Gasteiger partial charge in [0.15, 0.2) is 0 Å². The molecule has 0 radical (unpaired) electrons. The van der Waals surface area contributed by atoms with Crippen molar-refractivity contribution in [3.05, 3.63) is 104 Å². The third-order valence-corrected chi connectivity index (χ3v) is 10.5. The normalized spacial score (nSPS) is 23.9. The van der Waals surface area contributed by atoms with Gasteiger partial charge in [-0.1, -0.05) is 72.8 Å². The summed E-state index contributed by atoms with van der Waals surface area (Å²) >= 11 is 0. The van der Waals surface area contributed by atoms with Crippen LogP contribution in [0.25, 0.3) is 10.8 Å². The van der Waals surface area contributed by atoms with E-state index in [2.05, 4.69) is 18.5 Å². The molecule has 51 heavy (non-hydrogen) atoms. The third kappa shape index (κ3) is 7.21. The number of anilines is 1. The van der Waals surface area contributed by atoms with Crippen LogP contribution in [0.15, 0.2) is 98.1 Å². The number of benzene rings is 3. The van der Waals surface area contributed by atoms with E-state index in [4.69, 9.17) is 9.47 Å². The highest BCUT2D eigenvalue weighted by Crippen LogP contribution is 2.59. The molecule has 0 unspecified atom stereocenters. The van der Waals surface area contributed by atoms with Crippen molar-refractivity contribution in [1.29, 1.82) is 0 Å². The first-order chi connectivity index (χ1) is 24.8. The second-order valence-electron chi connectivity index (χ2n) is 13.6. The summed E-state index contributed by atoms with van der Waals surface area (Å²) in [6, 6.07) is 22.0. The molecular formula is C41H47N3O7. The van der Waals surface area contributed by atoms with E-state index >= 15 is 0 Å². The number of fused-ring (bicyclic) bond motifs is 2. The number of carbonyl (C=O) groups excluding carboxylic acids is 4. The van der Waals surface area contributed by atoms with Gasteiger partial charge in [-0.3, -0.25) is 19.2 Å². The maximum Gasteiger partial charge on any atom is 0.313 e. The van der Waals surface area contributed by atoms with E-state index in [9.17, 15) is 24.3 Å². The van der Waals surface area contributed by atoms with Crippen LogP contribution in [-0.4, -0.2) is 77.7 Å². The predicted octanol–water partition coefficient (Wildman–Crippen LogP) is 5.26. The first-order valence-electron chi connectivity index (χ1n) is 18.0. The minimum absolute atomic E-state index is 0.0357. The van der Waals surface area contributed by atoms with E-state index in [1.807, 2.05) is 72.8 Å². The summed E-state index contributed by atoms with van der Waals surface area (Å²) < 4.78 is 12.8. The van der Waals surface area contributed by atoms with Crippen LogP contribution >= 0.6 is 0 Å². The summed E-state index contributed by atoms with van der Waals surface area (Å²) in [5.41, 5.74) is 0.174. The van der Waals surface area contributed by atoms with Crippen LogP contribution < -0.4 is 10.2 Å². The van der Waals surface area contributed by atoms with E-state index in [0.29, 0.717) is 49.8 Å². The molecule has 3 heterocycles. The minimum atomic E-state index is -1.21. The molecule has 3 aromatic rings. The summed E-state index contributed by atoms with van der Waals surface area (Å²) in [5, 5.41) is 14.3. The molecule has 1 spiro atoms. The molecule has 3 fully saturated rings. The highest BCUT2D eigenvalue weighted by atomic mass is 16.6. The Kier molecular flexibility index (Phi) is 11.3. The predicted molar refractivity (Wildman–Crippen MR) is 194 cm³/mol. The molecule has 0 saturated carbocycles. The second kappa shape index (κ2) is 16.0. The number of unbranched alkanes of at least 4 members (excludes halogenated alkanes) is 2.